The molecular formula is C34H31N. The standard InChI is InChI=1S/C19H15N.C15H16/c1-14-7-6-8-15(13-14)20-18-11-4-2-9-16(18)17-10-3-5-12-19(17)20;1-11-8-9-13(3)15(10-11)14-7-5-4-6-12(14)2/h2-13H,1H3;4-10H,1-3H3. The Morgan fingerprint density at radius 1 is 0.429 bits per heavy atom. The number of para-hydroxylation sites is 2. The Labute approximate surface area is 208 Å². The molecule has 0 atom stereocenters. The van der Waals surface area contributed by atoms with E-state index in [2.05, 4.69) is 148 Å². The Morgan fingerprint density at radius 2 is 1.00 bits per heavy atom. The first-order valence-electron chi connectivity index (χ1n) is 12.2. The van der Waals surface area contributed by atoms with Crippen LogP contribution in [-0.4, -0.2) is 4.57 Å². The summed E-state index contributed by atoms with van der Waals surface area (Å²) >= 11 is 0. The summed E-state index contributed by atoms with van der Waals surface area (Å²) in [4.78, 5) is 0. The van der Waals surface area contributed by atoms with Crippen LogP contribution in [0.5, 0.6) is 0 Å². The van der Waals surface area contributed by atoms with Crippen LogP contribution in [0, 0.1) is 27.7 Å². The van der Waals surface area contributed by atoms with Gasteiger partial charge in [-0.25, -0.2) is 0 Å². The van der Waals surface area contributed by atoms with Crippen molar-refractivity contribution in [3.8, 4) is 16.8 Å². The first-order valence-corrected chi connectivity index (χ1v) is 12.2. The lowest BCUT2D eigenvalue weighted by atomic mass is 9.95. The summed E-state index contributed by atoms with van der Waals surface area (Å²) < 4.78 is 2.34. The van der Waals surface area contributed by atoms with Crippen molar-refractivity contribution in [2.24, 2.45) is 0 Å². The molecule has 0 saturated carbocycles. The largest absolute Gasteiger partial charge is 0.309 e. The molecule has 0 N–H and O–H groups in total. The lowest BCUT2D eigenvalue weighted by Crippen LogP contribution is -1.93. The van der Waals surface area contributed by atoms with Gasteiger partial charge in [0.15, 0.2) is 0 Å². The van der Waals surface area contributed by atoms with Crippen LogP contribution >= 0.6 is 0 Å². The lowest BCUT2D eigenvalue weighted by Gasteiger charge is -2.09. The average Bonchev–Trinajstić information content (AvgIpc) is 3.21. The van der Waals surface area contributed by atoms with Crippen molar-refractivity contribution in [2.75, 3.05) is 0 Å². The highest BCUT2D eigenvalue weighted by molar-refractivity contribution is 6.09. The summed E-state index contributed by atoms with van der Waals surface area (Å²) in [6, 6.07) is 41.0. The Balaban J connectivity index is 0.000000152. The van der Waals surface area contributed by atoms with E-state index in [0.29, 0.717) is 0 Å². The number of aromatic nitrogens is 1. The number of hydrogen-bond donors (Lipinski definition) is 0. The van der Waals surface area contributed by atoms with Gasteiger partial charge in [0.1, 0.15) is 0 Å². The van der Waals surface area contributed by atoms with Gasteiger partial charge in [-0.2, -0.15) is 0 Å². The van der Waals surface area contributed by atoms with Gasteiger partial charge in [-0.05, 0) is 79.8 Å². The van der Waals surface area contributed by atoms with Gasteiger partial charge in [0.2, 0.25) is 0 Å². The van der Waals surface area contributed by atoms with Crippen LogP contribution in [-0.2, 0) is 0 Å². The van der Waals surface area contributed by atoms with Crippen LogP contribution in [0.4, 0.5) is 0 Å². The van der Waals surface area contributed by atoms with E-state index in [1.54, 1.807) is 0 Å². The number of aryl methyl sites for hydroxylation is 4. The zero-order chi connectivity index (χ0) is 24.4. The van der Waals surface area contributed by atoms with Crippen molar-refractivity contribution < 1.29 is 0 Å². The molecule has 0 aliphatic rings. The molecule has 1 aromatic heterocycles. The van der Waals surface area contributed by atoms with Crippen molar-refractivity contribution in [1.82, 2.24) is 4.57 Å². The molecule has 0 aliphatic heterocycles. The highest BCUT2D eigenvalue weighted by Crippen LogP contribution is 2.32. The van der Waals surface area contributed by atoms with Crippen molar-refractivity contribution in [1.29, 1.82) is 0 Å². The van der Waals surface area contributed by atoms with Crippen molar-refractivity contribution in [2.45, 2.75) is 27.7 Å². The van der Waals surface area contributed by atoms with E-state index in [0.717, 1.165) is 0 Å². The van der Waals surface area contributed by atoms with Crippen molar-refractivity contribution in [3.05, 3.63) is 138 Å². The van der Waals surface area contributed by atoms with Gasteiger partial charge in [-0.1, -0.05) is 96.6 Å². The molecule has 0 spiro atoms. The average molecular weight is 454 g/mol. The minimum absolute atomic E-state index is 1.22. The maximum atomic E-state index is 2.34. The Morgan fingerprint density at radius 3 is 1.66 bits per heavy atom. The zero-order valence-electron chi connectivity index (χ0n) is 20.9. The van der Waals surface area contributed by atoms with Crippen LogP contribution in [0.3, 0.4) is 0 Å². The lowest BCUT2D eigenvalue weighted by molar-refractivity contribution is 1.17. The summed E-state index contributed by atoms with van der Waals surface area (Å²) in [5.41, 5.74) is 11.7. The number of rotatable bonds is 2. The molecule has 0 bridgehead atoms. The van der Waals surface area contributed by atoms with Crippen molar-refractivity contribution >= 4 is 21.8 Å². The molecule has 1 heterocycles. The maximum Gasteiger partial charge on any atom is 0.0541 e. The summed E-state index contributed by atoms with van der Waals surface area (Å²) in [6.07, 6.45) is 0. The topological polar surface area (TPSA) is 4.93 Å². The molecule has 0 saturated heterocycles. The fourth-order valence-electron chi connectivity index (χ4n) is 4.87. The third kappa shape index (κ3) is 4.50. The van der Waals surface area contributed by atoms with Crippen LogP contribution in [0.2, 0.25) is 0 Å². The van der Waals surface area contributed by atoms with Gasteiger partial charge in [0.25, 0.3) is 0 Å². The minimum atomic E-state index is 1.22. The van der Waals surface area contributed by atoms with Gasteiger partial charge >= 0.3 is 0 Å². The van der Waals surface area contributed by atoms with E-state index in [1.165, 1.54) is 60.9 Å². The smallest absolute Gasteiger partial charge is 0.0541 e. The number of nitrogens with zero attached hydrogens (tertiary/aromatic N) is 1. The summed E-state index contributed by atoms with van der Waals surface area (Å²) in [7, 11) is 0. The predicted octanol–water partition coefficient (Wildman–Crippen LogP) is 9.37. The molecule has 1 nitrogen and oxygen atoms in total. The second kappa shape index (κ2) is 9.64. The SMILES string of the molecule is Cc1ccc(C)c(-c2ccccc2C)c1.Cc1cccc(-n2c3ccccc3c3ccccc32)c1. The van der Waals surface area contributed by atoms with Gasteiger partial charge < -0.3 is 4.57 Å². The summed E-state index contributed by atoms with van der Waals surface area (Å²) in [6.45, 7) is 8.61. The minimum Gasteiger partial charge on any atom is -0.309 e. The fraction of sp³-hybridized carbons (Fsp3) is 0.118. The van der Waals surface area contributed by atoms with Gasteiger partial charge in [-0.3, -0.25) is 0 Å². The molecule has 35 heavy (non-hydrogen) atoms. The third-order valence-corrected chi connectivity index (χ3v) is 6.67. The molecule has 0 unspecified atom stereocenters. The van der Waals surface area contributed by atoms with Crippen LogP contribution in [0.1, 0.15) is 22.3 Å². The van der Waals surface area contributed by atoms with Gasteiger partial charge in [0, 0.05) is 16.5 Å². The van der Waals surface area contributed by atoms with Crippen LogP contribution in [0.15, 0.2) is 115 Å². The third-order valence-electron chi connectivity index (χ3n) is 6.67. The van der Waals surface area contributed by atoms with Crippen molar-refractivity contribution in [3.63, 3.8) is 0 Å². The second-order valence-corrected chi connectivity index (χ2v) is 9.34. The van der Waals surface area contributed by atoms with Gasteiger partial charge in [0.05, 0.1) is 11.0 Å². The quantitative estimate of drug-likeness (QED) is 0.246. The number of benzene rings is 5. The van der Waals surface area contributed by atoms with Crippen LogP contribution < -0.4 is 0 Å². The first-order chi connectivity index (χ1) is 17.0. The maximum absolute atomic E-state index is 2.34. The molecule has 0 fully saturated rings. The first kappa shape index (κ1) is 22.7. The molecule has 6 aromatic rings. The van der Waals surface area contributed by atoms with Crippen LogP contribution in [0.25, 0.3) is 38.6 Å². The summed E-state index contributed by atoms with van der Waals surface area (Å²) in [5, 5.41) is 2.62. The van der Waals surface area contributed by atoms with Gasteiger partial charge in [-0.15, -0.1) is 0 Å². The van der Waals surface area contributed by atoms with E-state index in [-0.39, 0.29) is 0 Å². The normalized spacial score (nSPS) is 10.9. The molecule has 0 amide bonds. The number of fused-ring (bicyclic) bond motifs is 3. The Kier molecular flexibility index (Phi) is 6.25. The Bertz CT molecular complexity index is 1580. The molecular weight excluding hydrogens is 422 g/mol. The highest BCUT2D eigenvalue weighted by Gasteiger charge is 2.10. The molecule has 0 radical (unpaired) electrons. The van der Waals surface area contributed by atoms with E-state index < -0.39 is 0 Å². The molecule has 1 heteroatoms. The zero-order valence-corrected chi connectivity index (χ0v) is 20.9. The number of hydrogen-bond acceptors (Lipinski definition) is 0. The molecule has 172 valence electrons. The highest BCUT2D eigenvalue weighted by atomic mass is 15.0. The van der Waals surface area contributed by atoms with E-state index in [9.17, 15) is 0 Å². The fourth-order valence-corrected chi connectivity index (χ4v) is 4.87. The predicted molar refractivity (Wildman–Crippen MR) is 152 cm³/mol. The molecule has 6 rings (SSSR count). The monoisotopic (exact) mass is 453 g/mol. The molecule has 0 aliphatic carbocycles. The van der Waals surface area contributed by atoms with E-state index >= 15 is 0 Å². The Hall–Kier alpha value is -4.10. The molecule has 5 aromatic carbocycles. The summed E-state index contributed by atoms with van der Waals surface area (Å²) in [5.74, 6) is 0. The van der Waals surface area contributed by atoms with E-state index in [4.69, 9.17) is 0 Å². The second-order valence-electron chi connectivity index (χ2n) is 9.34. The van der Waals surface area contributed by atoms with E-state index in [1.807, 2.05) is 0 Å².